The molecule has 1 fully saturated rings. The molecule has 5 nitrogen and oxygen atoms in total. The SMILES string of the molecule is COCCC1(CNc2cc(N)nc(C(C)C)n2)CC1. The van der Waals surface area contributed by atoms with Gasteiger partial charge in [-0.2, -0.15) is 0 Å². The van der Waals surface area contributed by atoms with Crippen molar-refractivity contribution in [2.45, 2.75) is 39.0 Å². The van der Waals surface area contributed by atoms with Gasteiger partial charge in [0.25, 0.3) is 0 Å². The first-order chi connectivity index (χ1) is 9.04. The zero-order valence-corrected chi connectivity index (χ0v) is 12.1. The number of anilines is 2. The Labute approximate surface area is 115 Å². The molecule has 0 aromatic carbocycles. The van der Waals surface area contributed by atoms with Gasteiger partial charge in [-0.25, -0.2) is 9.97 Å². The fourth-order valence-electron chi connectivity index (χ4n) is 2.12. The highest BCUT2D eigenvalue weighted by atomic mass is 16.5. The van der Waals surface area contributed by atoms with Crippen molar-refractivity contribution in [1.29, 1.82) is 0 Å². The average molecular weight is 264 g/mol. The van der Waals surface area contributed by atoms with E-state index in [-0.39, 0.29) is 5.92 Å². The summed E-state index contributed by atoms with van der Waals surface area (Å²) in [6, 6.07) is 1.80. The number of hydrogen-bond donors (Lipinski definition) is 2. The molecule has 3 N–H and O–H groups in total. The van der Waals surface area contributed by atoms with Crippen LogP contribution in [0.25, 0.3) is 0 Å². The number of nitrogens with two attached hydrogens (primary N) is 1. The van der Waals surface area contributed by atoms with Crippen molar-refractivity contribution in [2.75, 3.05) is 31.3 Å². The van der Waals surface area contributed by atoms with E-state index in [0.717, 1.165) is 31.2 Å². The highest BCUT2D eigenvalue weighted by Crippen LogP contribution is 2.48. The van der Waals surface area contributed by atoms with Gasteiger partial charge in [0, 0.05) is 32.2 Å². The third-order valence-corrected chi connectivity index (χ3v) is 3.72. The molecule has 19 heavy (non-hydrogen) atoms. The van der Waals surface area contributed by atoms with E-state index in [1.165, 1.54) is 12.8 Å². The summed E-state index contributed by atoms with van der Waals surface area (Å²) >= 11 is 0. The molecule has 1 aromatic heterocycles. The van der Waals surface area contributed by atoms with Crippen molar-refractivity contribution in [3.05, 3.63) is 11.9 Å². The molecule has 106 valence electrons. The van der Waals surface area contributed by atoms with E-state index in [1.807, 2.05) is 0 Å². The maximum Gasteiger partial charge on any atom is 0.135 e. The van der Waals surface area contributed by atoms with E-state index in [9.17, 15) is 0 Å². The summed E-state index contributed by atoms with van der Waals surface area (Å²) in [5, 5.41) is 3.41. The first kappa shape index (κ1) is 14.1. The van der Waals surface area contributed by atoms with E-state index in [0.29, 0.717) is 11.2 Å². The van der Waals surface area contributed by atoms with Crippen LogP contribution in [0.5, 0.6) is 0 Å². The van der Waals surface area contributed by atoms with Crippen LogP contribution in [0.4, 0.5) is 11.6 Å². The predicted octanol–water partition coefficient (Wildman–Crippen LogP) is 2.41. The summed E-state index contributed by atoms with van der Waals surface area (Å²) in [4.78, 5) is 8.76. The van der Waals surface area contributed by atoms with E-state index in [4.69, 9.17) is 10.5 Å². The summed E-state index contributed by atoms with van der Waals surface area (Å²) in [7, 11) is 1.75. The lowest BCUT2D eigenvalue weighted by atomic mass is 10.0. The third kappa shape index (κ3) is 3.80. The van der Waals surface area contributed by atoms with E-state index in [1.54, 1.807) is 13.2 Å². The molecule has 0 radical (unpaired) electrons. The summed E-state index contributed by atoms with van der Waals surface area (Å²) in [6.07, 6.45) is 3.63. The topological polar surface area (TPSA) is 73.1 Å². The molecule has 0 bridgehead atoms. The van der Waals surface area contributed by atoms with Gasteiger partial charge in [-0.1, -0.05) is 13.8 Å². The minimum Gasteiger partial charge on any atom is -0.385 e. The Morgan fingerprint density at radius 2 is 2.16 bits per heavy atom. The standard InChI is InChI=1S/C14H24N4O/c1-10(2)13-17-11(15)8-12(18-13)16-9-14(4-5-14)6-7-19-3/h8,10H,4-7,9H2,1-3H3,(H3,15,16,17,18). The maximum absolute atomic E-state index is 5.82. The number of methoxy groups -OCH3 is 1. The highest BCUT2D eigenvalue weighted by Gasteiger charge is 2.41. The summed E-state index contributed by atoms with van der Waals surface area (Å²) in [5.74, 6) is 2.44. The molecule has 1 saturated carbocycles. The van der Waals surface area contributed by atoms with Gasteiger partial charge in [0.1, 0.15) is 17.5 Å². The number of rotatable bonds is 7. The van der Waals surface area contributed by atoms with E-state index < -0.39 is 0 Å². The fraction of sp³-hybridized carbons (Fsp3) is 0.714. The monoisotopic (exact) mass is 264 g/mol. The largest absolute Gasteiger partial charge is 0.385 e. The zero-order valence-electron chi connectivity index (χ0n) is 12.1. The van der Waals surface area contributed by atoms with Crippen LogP contribution in [-0.2, 0) is 4.74 Å². The smallest absolute Gasteiger partial charge is 0.135 e. The number of nitrogen functional groups attached to an aromatic ring is 1. The van der Waals surface area contributed by atoms with Crippen LogP contribution in [0.2, 0.25) is 0 Å². The second kappa shape index (κ2) is 5.74. The number of nitrogens with zero attached hydrogens (tertiary/aromatic N) is 2. The van der Waals surface area contributed by atoms with Gasteiger partial charge in [0.15, 0.2) is 0 Å². The Morgan fingerprint density at radius 3 is 2.74 bits per heavy atom. The molecule has 1 aliphatic rings. The first-order valence-electron chi connectivity index (χ1n) is 6.92. The average Bonchev–Trinajstić information content (AvgIpc) is 3.14. The molecule has 5 heteroatoms. The molecule has 0 unspecified atom stereocenters. The minimum absolute atomic E-state index is 0.285. The van der Waals surface area contributed by atoms with Gasteiger partial charge in [0.05, 0.1) is 0 Å². The Hall–Kier alpha value is -1.36. The van der Waals surface area contributed by atoms with Crippen molar-refractivity contribution in [3.8, 4) is 0 Å². The van der Waals surface area contributed by atoms with Crippen molar-refractivity contribution >= 4 is 11.6 Å². The lowest BCUT2D eigenvalue weighted by molar-refractivity contribution is 0.175. The highest BCUT2D eigenvalue weighted by molar-refractivity contribution is 5.45. The van der Waals surface area contributed by atoms with Crippen LogP contribution in [0.3, 0.4) is 0 Å². The van der Waals surface area contributed by atoms with Gasteiger partial charge >= 0.3 is 0 Å². The number of nitrogens with one attached hydrogen (secondary N) is 1. The molecule has 1 aromatic rings. The molecule has 0 amide bonds. The normalized spacial score (nSPS) is 16.6. The molecule has 0 saturated heterocycles. The quantitative estimate of drug-likeness (QED) is 0.791. The predicted molar refractivity (Wildman–Crippen MR) is 77.2 cm³/mol. The number of aromatic nitrogens is 2. The van der Waals surface area contributed by atoms with Gasteiger partial charge in [0.2, 0.25) is 0 Å². The Kier molecular flexibility index (Phi) is 4.24. The third-order valence-electron chi connectivity index (χ3n) is 3.72. The van der Waals surface area contributed by atoms with Crippen LogP contribution >= 0.6 is 0 Å². The fourth-order valence-corrected chi connectivity index (χ4v) is 2.12. The van der Waals surface area contributed by atoms with Crippen molar-refractivity contribution in [1.82, 2.24) is 9.97 Å². The van der Waals surface area contributed by atoms with Crippen LogP contribution < -0.4 is 11.1 Å². The lowest BCUT2D eigenvalue weighted by Crippen LogP contribution is -2.18. The van der Waals surface area contributed by atoms with E-state index in [2.05, 4.69) is 29.1 Å². The first-order valence-corrected chi connectivity index (χ1v) is 6.92. The van der Waals surface area contributed by atoms with Gasteiger partial charge in [-0.15, -0.1) is 0 Å². The zero-order chi connectivity index (χ0) is 13.9. The van der Waals surface area contributed by atoms with Crippen LogP contribution in [0, 0.1) is 5.41 Å². The molecule has 1 aliphatic carbocycles. The second-order valence-corrected chi connectivity index (χ2v) is 5.79. The second-order valence-electron chi connectivity index (χ2n) is 5.79. The molecule has 1 heterocycles. The Morgan fingerprint density at radius 1 is 1.42 bits per heavy atom. The Balaban J connectivity index is 1.96. The summed E-state index contributed by atoms with van der Waals surface area (Å²) < 4.78 is 5.17. The lowest BCUT2D eigenvalue weighted by Gasteiger charge is -2.16. The summed E-state index contributed by atoms with van der Waals surface area (Å²) in [5.41, 5.74) is 6.22. The number of hydrogen-bond acceptors (Lipinski definition) is 5. The minimum atomic E-state index is 0.285. The molecule has 0 atom stereocenters. The summed E-state index contributed by atoms with van der Waals surface area (Å²) in [6.45, 7) is 5.90. The van der Waals surface area contributed by atoms with Crippen LogP contribution in [0.15, 0.2) is 6.07 Å². The molecule has 0 spiro atoms. The van der Waals surface area contributed by atoms with Crippen molar-refractivity contribution < 1.29 is 4.74 Å². The van der Waals surface area contributed by atoms with Gasteiger partial charge in [-0.05, 0) is 24.7 Å². The van der Waals surface area contributed by atoms with Gasteiger partial charge in [-0.3, -0.25) is 0 Å². The van der Waals surface area contributed by atoms with Gasteiger partial charge < -0.3 is 15.8 Å². The molecule has 0 aliphatic heterocycles. The molecule has 2 rings (SSSR count). The van der Waals surface area contributed by atoms with Crippen molar-refractivity contribution in [2.24, 2.45) is 5.41 Å². The number of ether oxygens (including phenoxy) is 1. The Bertz CT molecular complexity index is 429. The van der Waals surface area contributed by atoms with Crippen LogP contribution in [-0.4, -0.2) is 30.2 Å². The maximum atomic E-state index is 5.82. The van der Waals surface area contributed by atoms with Crippen LogP contribution in [0.1, 0.15) is 44.9 Å². The van der Waals surface area contributed by atoms with Crippen molar-refractivity contribution in [3.63, 3.8) is 0 Å². The molecular formula is C14H24N4O. The van der Waals surface area contributed by atoms with E-state index >= 15 is 0 Å². The molecular weight excluding hydrogens is 240 g/mol.